The molecule has 0 saturated heterocycles. The molecule has 144 valence electrons. The van der Waals surface area contributed by atoms with E-state index in [-0.39, 0.29) is 17.6 Å². The van der Waals surface area contributed by atoms with Gasteiger partial charge in [-0.05, 0) is 18.2 Å². The summed E-state index contributed by atoms with van der Waals surface area (Å²) in [5.41, 5.74) is 2.14. The van der Waals surface area contributed by atoms with Crippen LogP contribution in [-0.2, 0) is 20.9 Å². The van der Waals surface area contributed by atoms with Crippen molar-refractivity contribution in [2.75, 3.05) is 38.4 Å². The average Bonchev–Trinajstić information content (AvgIpc) is 2.68. The Morgan fingerprint density at radius 2 is 1.74 bits per heavy atom. The highest BCUT2D eigenvalue weighted by Gasteiger charge is 2.14. The fraction of sp³-hybridized carbons (Fsp3) is 0.300. The lowest BCUT2D eigenvalue weighted by atomic mass is 10.1. The number of rotatable bonds is 10. The number of para-hydroxylation sites is 1. The van der Waals surface area contributed by atoms with E-state index >= 15 is 0 Å². The third-order valence-electron chi connectivity index (χ3n) is 3.68. The van der Waals surface area contributed by atoms with Crippen molar-refractivity contribution in [3.63, 3.8) is 0 Å². The number of nitrogens with one attached hydrogen (secondary N) is 2. The summed E-state index contributed by atoms with van der Waals surface area (Å²) in [5, 5.41) is 5.70. The highest BCUT2D eigenvalue weighted by Crippen LogP contribution is 2.24. The van der Waals surface area contributed by atoms with Crippen LogP contribution < -0.4 is 10.6 Å². The third-order valence-corrected chi connectivity index (χ3v) is 4.76. The molecule has 0 atom stereocenters. The fourth-order valence-electron chi connectivity index (χ4n) is 2.38. The summed E-state index contributed by atoms with van der Waals surface area (Å²) in [4.78, 5) is 25.4. The minimum Gasteiger partial charge on any atom is -0.383 e. The SMILES string of the molecule is COCCNC(=O)CSc1ccccc1C(=O)Nc1ccccc1COC. The molecule has 0 unspecified atom stereocenters. The lowest BCUT2D eigenvalue weighted by Gasteiger charge is -2.13. The second kappa shape index (κ2) is 11.4. The Balaban J connectivity index is 2.04. The van der Waals surface area contributed by atoms with E-state index in [9.17, 15) is 9.59 Å². The minimum absolute atomic E-state index is 0.0994. The van der Waals surface area contributed by atoms with Gasteiger partial charge in [-0.15, -0.1) is 11.8 Å². The number of hydrogen-bond acceptors (Lipinski definition) is 5. The molecule has 2 aromatic rings. The summed E-state index contributed by atoms with van der Waals surface area (Å²) in [6.07, 6.45) is 0. The van der Waals surface area contributed by atoms with E-state index in [4.69, 9.17) is 9.47 Å². The van der Waals surface area contributed by atoms with Crippen molar-refractivity contribution in [1.82, 2.24) is 5.32 Å². The number of carbonyl (C=O) groups is 2. The summed E-state index contributed by atoms with van der Waals surface area (Å²) >= 11 is 1.33. The fourth-order valence-corrected chi connectivity index (χ4v) is 3.26. The molecule has 0 saturated carbocycles. The van der Waals surface area contributed by atoms with Crippen LogP contribution in [0.3, 0.4) is 0 Å². The number of benzene rings is 2. The molecular formula is C20H24N2O4S. The van der Waals surface area contributed by atoms with Crippen LogP contribution in [0.1, 0.15) is 15.9 Å². The maximum Gasteiger partial charge on any atom is 0.256 e. The van der Waals surface area contributed by atoms with E-state index in [0.29, 0.717) is 31.0 Å². The average molecular weight is 388 g/mol. The molecule has 0 bridgehead atoms. The van der Waals surface area contributed by atoms with Crippen LogP contribution in [0.15, 0.2) is 53.4 Å². The molecular weight excluding hydrogens is 364 g/mol. The maximum atomic E-state index is 12.8. The molecule has 2 amide bonds. The zero-order valence-electron chi connectivity index (χ0n) is 15.5. The van der Waals surface area contributed by atoms with Crippen molar-refractivity contribution in [2.24, 2.45) is 0 Å². The lowest BCUT2D eigenvalue weighted by molar-refractivity contribution is -0.118. The Labute approximate surface area is 163 Å². The smallest absolute Gasteiger partial charge is 0.256 e. The monoisotopic (exact) mass is 388 g/mol. The normalized spacial score (nSPS) is 10.4. The van der Waals surface area contributed by atoms with Gasteiger partial charge in [0.1, 0.15) is 0 Å². The van der Waals surface area contributed by atoms with Gasteiger partial charge < -0.3 is 20.1 Å². The Bertz CT molecular complexity index is 767. The van der Waals surface area contributed by atoms with Crippen molar-refractivity contribution in [3.8, 4) is 0 Å². The van der Waals surface area contributed by atoms with Gasteiger partial charge in [0.05, 0.1) is 24.5 Å². The zero-order chi connectivity index (χ0) is 19.5. The molecule has 6 nitrogen and oxygen atoms in total. The number of thioether (sulfide) groups is 1. The van der Waals surface area contributed by atoms with Crippen LogP contribution >= 0.6 is 11.8 Å². The molecule has 0 fully saturated rings. The van der Waals surface area contributed by atoms with Crippen LogP contribution in [-0.4, -0.2) is 44.9 Å². The quantitative estimate of drug-likeness (QED) is 0.483. The van der Waals surface area contributed by atoms with Gasteiger partial charge in [0.25, 0.3) is 5.91 Å². The molecule has 0 radical (unpaired) electrons. The Morgan fingerprint density at radius 3 is 2.52 bits per heavy atom. The highest BCUT2D eigenvalue weighted by atomic mass is 32.2. The van der Waals surface area contributed by atoms with E-state index in [1.807, 2.05) is 36.4 Å². The van der Waals surface area contributed by atoms with Gasteiger partial charge in [-0.2, -0.15) is 0 Å². The Hall–Kier alpha value is -2.35. The predicted octanol–water partition coefficient (Wildman–Crippen LogP) is 2.94. The van der Waals surface area contributed by atoms with Crippen molar-refractivity contribution in [1.29, 1.82) is 0 Å². The van der Waals surface area contributed by atoms with E-state index in [2.05, 4.69) is 10.6 Å². The van der Waals surface area contributed by atoms with Gasteiger partial charge in [0.15, 0.2) is 0 Å². The van der Waals surface area contributed by atoms with E-state index in [1.54, 1.807) is 26.4 Å². The van der Waals surface area contributed by atoms with Crippen molar-refractivity contribution in [2.45, 2.75) is 11.5 Å². The number of ether oxygens (including phenoxy) is 2. The highest BCUT2D eigenvalue weighted by molar-refractivity contribution is 8.00. The molecule has 0 aliphatic rings. The van der Waals surface area contributed by atoms with Crippen LogP contribution in [0.4, 0.5) is 5.69 Å². The molecule has 0 aromatic heterocycles. The molecule has 0 aliphatic carbocycles. The number of anilines is 1. The van der Waals surface area contributed by atoms with Gasteiger partial charge in [-0.1, -0.05) is 30.3 Å². The van der Waals surface area contributed by atoms with E-state index in [1.165, 1.54) is 11.8 Å². The Morgan fingerprint density at radius 1 is 1.00 bits per heavy atom. The lowest BCUT2D eigenvalue weighted by Crippen LogP contribution is -2.28. The summed E-state index contributed by atoms with van der Waals surface area (Å²) < 4.78 is 10.1. The summed E-state index contributed by atoms with van der Waals surface area (Å²) in [6.45, 7) is 1.35. The standard InChI is InChI=1S/C20H24N2O4S/c1-25-12-11-21-19(23)14-27-18-10-6-4-8-16(18)20(24)22-17-9-5-3-7-15(17)13-26-2/h3-10H,11-14H2,1-2H3,(H,21,23)(H,22,24). The summed E-state index contributed by atoms with van der Waals surface area (Å²) in [6, 6.07) is 14.7. The predicted molar refractivity (Wildman–Crippen MR) is 107 cm³/mol. The van der Waals surface area contributed by atoms with Crippen LogP contribution in [0, 0.1) is 0 Å². The van der Waals surface area contributed by atoms with Gasteiger partial charge >= 0.3 is 0 Å². The summed E-state index contributed by atoms with van der Waals surface area (Å²) in [7, 11) is 3.20. The number of amides is 2. The van der Waals surface area contributed by atoms with Gasteiger partial charge in [-0.3, -0.25) is 9.59 Å². The van der Waals surface area contributed by atoms with Crippen LogP contribution in [0.2, 0.25) is 0 Å². The van der Waals surface area contributed by atoms with Crippen LogP contribution in [0.25, 0.3) is 0 Å². The first kappa shape index (κ1) is 21.0. The van der Waals surface area contributed by atoms with E-state index < -0.39 is 0 Å². The molecule has 2 N–H and O–H groups in total. The molecule has 7 heteroatoms. The summed E-state index contributed by atoms with van der Waals surface area (Å²) in [5.74, 6) is -0.0898. The van der Waals surface area contributed by atoms with Gasteiger partial charge in [0.2, 0.25) is 5.91 Å². The van der Waals surface area contributed by atoms with Crippen molar-refractivity contribution < 1.29 is 19.1 Å². The van der Waals surface area contributed by atoms with Gasteiger partial charge in [0, 0.05) is 36.9 Å². The van der Waals surface area contributed by atoms with Crippen molar-refractivity contribution >= 4 is 29.3 Å². The van der Waals surface area contributed by atoms with Gasteiger partial charge in [-0.25, -0.2) is 0 Å². The first-order valence-corrected chi connectivity index (χ1v) is 9.50. The Kier molecular flexibility index (Phi) is 8.83. The number of methoxy groups -OCH3 is 2. The molecule has 0 aliphatic heterocycles. The molecule has 0 spiro atoms. The molecule has 0 heterocycles. The molecule has 2 aromatic carbocycles. The van der Waals surface area contributed by atoms with E-state index in [0.717, 1.165) is 10.5 Å². The number of carbonyl (C=O) groups excluding carboxylic acids is 2. The molecule has 2 rings (SSSR count). The number of hydrogen-bond donors (Lipinski definition) is 2. The second-order valence-electron chi connectivity index (χ2n) is 5.67. The largest absolute Gasteiger partial charge is 0.383 e. The second-order valence-corrected chi connectivity index (χ2v) is 6.69. The van der Waals surface area contributed by atoms with Crippen molar-refractivity contribution in [3.05, 3.63) is 59.7 Å². The topological polar surface area (TPSA) is 76.7 Å². The third kappa shape index (κ3) is 6.71. The first-order chi connectivity index (χ1) is 13.2. The van der Waals surface area contributed by atoms with Crippen LogP contribution in [0.5, 0.6) is 0 Å². The molecule has 27 heavy (non-hydrogen) atoms. The zero-order valence-corrected chi connectivity index (χ0v) is 16.3. The first-order valence-electron chi connectivity index (χ1n) is 8.51. The maximum absolute atomic E-state index is 12.8. The minimum atomic E-state index is -0.221.